The van der Waals surface area contributed by atoms with Gasteiger partial charge in [-0.1, -0.05) is 30.3 Å². The Labute approximate surface area is 146 Å². The number of fused-ring (bicyclic) bond motifs is 1. The number of hydrogen-bond donors (Lipinski definition) is 1. The standard InChI is InChI=1S/C17H20N4O3S/c22-17(14-6-7-18-19-14)21-9-8-20(10-13-4-2-1-3-5-13)15-11-25(23,24)12-16(15)21/h1-7,15-16H,8-12H2,(H,18,19)/t15-,16+/m1/s1. The second-order valence-corrected chi connectivity index (χ2v) is 8.79. The van der Waals surface area contributed by atoms with Crippen LogP contribution in [0.1, 0.15) is 16.1 Å². The lowest BCUT2D eigenvalue weighted by Gasteiger charge is -2.43. The molecule has 132 valence electrons. The van der Waals surface area contributed by atoms with Crippen LogP contribution in [0, 0.1) is 0 Å². The van der Waals surface area contributed by atoms with E-state index in [1.54, 1.807) is 11.0 Å². The molecule has 1 N–H and O–H groups in total. The number of sulfone groups is 1. The van der Waals surface area contributed by atoms with Gasteiger partial charge in [-0.15, -0.1) is 0 Å². The molecule has 4 rings (SSSR count). The van der Waals surface area contributed by atoms with Gasteiger partial charge >= 0.3 is 0 Å². The van der Waals surface area contributed by atoms with E-state index in [1.165, 1.54) is 6.20 Å². The van der Waals surface area contributed by atoms with Gasteiger partial charge in [0.25, 0.3) is 5.91 Å². The molecule has 0 saturated carbocycles. The maximum atomic E-state index is 12.7. The molecular formula is C17H20N4O3S. The minimum atomic E-state index is -3.15. The number of hydrogen-bond acceptors (Lipinski definition) is 5. The van der Waals surface area contributed by atoms with Crippen LogP contribution >= 0.6 is 0 Å². The Morgan fingerprint density at radius 2 is 1.88 bits per heavy atom. The van der Waals surface area contributed by atoms with Gasteiger partial charge in [-0.05, 0) is 11.6 Å². The monoisotopic (exact) mass is 360 g/mol. The molecule has 1 amide bonds. The van der Waals surface area contributed by atoms with Gasteiger partial charge < -0.3 is 4.90 Å². The zero-order valence-corrected chi connectivity index (χ0v) is 14.5. The summed E-state index contributed by atoms with van der Waals surface area (Å²) >= 11 is 0. The Kier molecular flexibility index (Phi) is 4.09. The van der Waals surface area contributed by atoms with E-state index in [0.717, 1.165) is 5.56 Å². The maximum absolute atomic E-state index is 12.7. The van der Waals surface area contributed by atoms with Gasteiger partial charge in [-0.2, -0.15) is 5.10 Å². The summed E-state index contributed by atoms with van der Waals surface area (Å²) in [4.78, 5) is 16.6. The lowest BCUT2D eigenvalue weighted by atomic mass is 10.0. The van der Waals surface area contributed by atoms with Crippen molar-refractivity contribution in [3.63, 3.8) is 0 Å². The normalized spacial score (nSPS) is 25.7. The van der Waals surface area contributed by atoms with Crippen molar-refractivity contribution in [3.8, 4) is 0 Å². The lowest BCUT2D eigenvalue weighted by molar-refractivity contribution is 0.0301. The van der Waals surface area contributed by atoms with Gasteiger partial charge in [-0.3, -0.25) is 14.8 Å². The average Bonchev–Trinajstić information content (AvgIpc) is 3.22. The molecule has 0 bridgehead atoms. The van der Waals surface area contributed by atoms with Crippen molar-refractivity contribution in [2.24, 2.45) is 0 Å². The highest BCUT2D eigenvalue weighted by molar-refractivity contribution is 7.91. The summed E-state index contributed by atoms with van der Waals surface area (Å²) in [5.74, 6) is -0.0379. The molecule has 2 aliphatic rings. The van der Waals surface area contributed by atoms with Crippen LogP contribution in [0.5, 0.6) is 0 Å². The van der Waals surface area contributed by atoms with Crippen molar-refractivity contribution in [1.29, 1.82) is 0 Å². The molecule has 2 atom stereocenters. The van der Waals surface area contributed by atoms with Gasteiger partial charge in [0.15, 0.2) is 9.84 Å². The molecule has 1 aromatic heterocycles. The third kappa shape index (κ3) is 3.19. The number of amides is 1. The van der Waals surface area contributed by atoms with Gasteiger partial charge in [0.1, 0.15) is 5.69 Å². The van der Waals surface area contributed by atoms with Gasteiger partial charge in [0.05, 0.1) is 17.5 Å². The molecule has 0 spiro atoms. The van der Waals surface area contributed by atoms with E-state index < -0.39 is 9.84 Å². The van der Waals surface area contributed by atoms with Gasteiger partial charge in [0, 0.05) is 31.9 Å². The van der Waals surface area contributed by atoms with Crippen LogP contribution in [-0.2, 0) is 16.4 Å². The fourth-order valence-corrected chi connectivity index (χ4v) is 5.83. The number of rotatable bonds is 3. The van der Waals surface area contributed by atoms with Gasteiger partial charge in [-0.25, -0.2) is 8.42 Å². The molecule has 25 heavy (non-hydrogen) atoms. The number of nitrogens with one attached hydrogen (secondary N) is 1. The minimum absolute atomic E-state index is 0.0306. The predicted molar refractivity (Wildman–Crippen MR) is 92.7 cm³/mol. The number of carbonyl (C=O) groups excluding carboxylic acids is 1. The van der Waals surface area contributed by atoms with Crippen molar-refractivity contribution in [3.05, 3.63) is 53.9 Å². The fraction of sp³-hybridized carbons (Fsp3) is 0.412. The second-order valence-electron chi connectivity index (χ2n) is 6.64. The van der Waals surface area contributed by atoms with Crippen LogP contribution in [0.2, 0.25) is 0 Å². The molecule has 7 nitrogen and oxygen atoms in total. The Balaban J connectivity index is 1.59. The first kappa shape index (κ1) is 16.3. The summed E-state index contributed by atoms with van der Waals surface area (Å²) in [5, 5.41) is 6.50. The summed E-state index contributed by atoms with van der Waals surface area (Å²) in [6.07, 6.45) is 1.53. The largest absolute Gasteiger partial charge is 0.330 e. The summed E-state index contributed by atoms with van der Waals surface area (Å²) < 4.78 is 24.5. The van der Waals surface area contributed by atoms with Crippen molar-refractivity contribution in [2.45, 2.75) is 18.6 Å². The Morgan fingerprint density at radius 1 is 1.12 bits per heavy atom. The van der Waals surface area contributed by atoms with Crippen LogP contribution in [-0.4, -0.2) is 71.0 Å². The number of nitrogens with zero attached hydrogens (tertiary/aromatic N) is 3. The predicted octanol–water partition coefficient (Wildman–Crippen LogP) is 0.533. The van der Waals surface area contributed by atoms with E-state index in [-0.39, 0.29) is 29.5 Å². The van der Waals surface area contributed by atoms with E-state index in [2.05, 4.69) is 15.1 Å². The van der Waals surface area contributed by atoms with Crippen LogP contribution in [0.3, 0.4) is 0 Å². The molecule has 2 saturated heterocycles. The number of piperazine rings is 1. The van der Waals surface area contributed by atoms with Crippen LogP contribution in [0.15, 0.2) is 42.6 Å². The summed E-state index contributed by atoms with van der Waals surface area (Å²) in [5.41, 5.74) is 1.55. The summed E-state index contributed by atoms with van der Waals surface area (Å²) in [7, 11) is -3.15. The van der Waals surface area contributed by atoms with Crippen molar-refractivity contribution in [2.75, 3.05) is 24.6 Å². The van der Waals surface area contributed by atoms with Crippen LogP contribution in [0.25, 0.3) is 0 Å². The van der Waals surface area contributed by atoms with Crippen molar-refractivity contribution in [1.82, 2.24) is 20.0 Å². The van der Waals surface area contributed by atoms with Crippen LogP contribution in [0.4, 0.5) is 0 Å². The quantitative estimate of drug-likeness (QED) is 0.863. The van der Waals surface area contributed by atoms with Gasteiger partial charge in [0.2, 0.25) is 0 Å². The van der Waals surface area contributed by atoms with E-state index in [9.17, 15) is 13.2 Å². The number of aromatic nitrogens is 2. The fourth-order valence-electron chi connectivity index (χ4n) is 3.82. The smallest absolute Gasteiger partial charge is 0.272 e. The molecule has 2 aliphatic heterocycles. The van der Waals surface area contributed by atoms with E-state index in [0.29, 0.717) is 25.3 Å². The molecule has 0 radical (unpaired) electrons. The first-order valence-electron chi connectivity index (χ1n) is 8.32. The molecule has 1 aromatic carbocycles. The summed E-state index contributed by atoms with van der Waals surface area (Å²) in [6.45, 7) is 1.87. The first-order chi connectivity index (χ1) is 12.0. The number of benzene rings is 1. The molecule has 0 unspecified atom stereocenters. The SMILES string of the molecule is O=C(c1ccn[nH]1)N1CCN(Cc2ccccc2)[C@@H]2CS(=O)(=O)C[C@@H]21. The Morgan fingerprint density at radius 3 is 2.60 bits per heavy atom. The number of carbonyl (C=O) groups is 1. The topological polar surface area (TPSA) is 86.4 Å². The van der Waals surface area contributed by atoms with Crippen LogP contribution < -0.4 is 0 Å². The van der Waals surface area contributed by atoms with Crippen molar-refractivity contribution < 1.29 is 13.2 Å². The molecule has 2 fully saturated rings. The molecule has 3 heterocycles. The Bertz CT molecular complexity index is 851. The highest BCUT2D eigenvalue weighted by Gasteiger charge is 2.48. The Hall–Kier alpha value is -2.19. The number of aromatic amines is 1. The highest BCUT2D eigenvalue weighted by atomic mass is 32.2. The summed E-state index contributed by atoms with van der Waals surface area (Å²) in [6, 6.07) is 11.2. The number of H-pyrrole nitrogens is 1. The average molecular weight is 360 g/mol. The molecular weight excluding hydrogens is 340 g/mol. The van der Waals surface area contributed by atoms with E-state index >= 15 is 0 Å². The first-order valence-corrected chi connectivity index (χ1v) is 10.1. The molecule has 8 heteroatoms. The van der Waals surface area contributed by atoms with Crippen molar-refractivity contribution >= 4 is 15.7 Å². The lowest BCUT2D eigenvalue weighted by Crippen LogP contribution is -2.60. The minimum Gasteiger partial charge on any atom is -0.330 e. The maximum Gasteiger partial charge on any atom is 0.272 e. The van der Waals surface area contributed by atoms with E-state index in [4.69, 9.17) is 0 Å². The zero-order valence-electron chi connectivity index (χ0n) is 13.7. The third-order valence-electron chi connectivity index (χ3n) is 5.01. The second kappa shape index (κ2) is 6.27. The highest BCUT2D eigenvalue weighted by Crippen LogP contribution is 2.29. The molecule has 0 aliphatic carbocycles. The third-order valence-corrected chi connectivity index (χ3v) is 6.71. The van der Waals surface area contributed by atoms with E-state index in [1.807, 2.05) is 30.3 Å². The molecule has 2 aromatic rings. The zero-order chi connectivity index (χ0) is 17.4.